The smallest absolute Gasteiger partial charge is 0.123 e. The molecule has 0 radical (unpaired) electrons. The lowest BCUT2D eigenvalue weighted by molar-refractivity contribution is 0.156. The van der Waals surface area contributed by atoms with Crippen molar-refractivity contribution in [1.82, 2.24) is 9.88 Å². The van der Waals surface area contributed by atoms with E-state index in [1.807, 2.05) is 6.92 Å². The summed E-state index contributed by atoms with van der Waals surface area (Å²) in [6, 6.07) is 6.11. The van der Waals surface area contributed by atoms with Gasteiger partial charge in [-0.1, -0.05) is 18.2 Å². The van der Waals surface area contributed by atoms with E-state index in [4.69, 9.17) is 0 Å². The summed E-state index contributed by atoms with van der Waals surface area (Å²) in [6.07, 6.45) is 4.42. The highest BCUT2D eigenvalue weighted by Gasteiger charge is 2.15. The first-order chi connectivity index (χ1) is 11.6. The summed E-state index contributed by atoms with van der Waals surface area (Å²) in [5.41, 5.74) is 3.24. The number of hydrogen-bond acceptors (Lipinski definition) is 4. The number of hydrogen-bond donors (Lipinski definition) is 1. The van der Waals surface area contributed by atoms with Crippen molar-refractivity contribution in [2.75, 3.05) is 19.6 Å². The van der Waals surface area contributed by atoms with Gasteiger partial charge in [-0.05, 0) is 56.0 Å². The van der Waals surface area contributed by atoms with Crippen molar-refractivity contribution >= 4 is 16.9 Å². The third-order valence-corrected chi connectivity index (χ3v) is 5.43. The third kappa shape index (κ3) is 4.50. The number of aliphatic hydroxyl groups excluding tert-OH is 1. The first-order valence-corrected chi connectivity index (χ1v) is 9.27. The topological polar surface area (TPSA) is 36.4 Å². The summed E-state index contributed by atoms with van der Waals surface area (Å²) in [6.45, 7) is 4.98. The van der Waals surface area contributed by atoms with Crippen LogP contribution >= 0.6 is 11.3 Å². The number of aromatic nitrogens is 1. The molecule has 2 heterocycles. The number of thiazole rings is 1. The maximum atomic E-state index is 12.9. The second kappa shape index (κ2) is 8.01. The normalized spacial score (nSPS) is 16.9. The Hall–Kier alpha value is -1.56. The van der Waals surface area contributed by atoms with Crippen LogP contribution in [-0.2, 0) is 0 Å². The van der Waals surface area contributed by atoms with E-state index in [1.54, 1.807) is 23.5 Å². The fourth-order valence-electron chi connectivity index (χ4n) is 2.97. The van der Waals surface area contributed by atoms with E-state index in [2.05, 4.69) is 21.3 Å². The van der Waals surface area contributed by atoms with E-state index in [0.29, 0.717) is 6.42 Å². The van der Waals surface area contributed by atoms with Gasteiger partial charge in [0.15, 0.2) is 0 Å². The van der Waals surface area contributed by atoms with Crippen LogP contribution in [0.1, 0.15) is 41.6 Å². The number of nitrogens with zero attached hydrogens (tertiary/aromatic N) is 2. The lowest BCUT2D eigenvalue weighted by Crippen LogP contribution is -2.29. The lowest BCUT2D eigenvalue weighted by atomic mass is 10.0. The first kappa shape index (κ1) is 17.3. The summed E-state index contributed by atoms with van der Waals surface area (Å²) >= 11 is 1.72. The quantitative estimate of drug-likeness (QED) is 0.852. The van der Waals surface area contributed by atoms with Crippen LogP contribution in [0.4, 0.5) is 4.39 Å². The van der Waals surface area contributed by atoms with Crippen LogP contribution in [0.25, 0.3) is 5.57 Å². The summed E-state index contributed by atoms with van der Waals surface area (Å²) in [5.74, 6) is -0.266. The first-order valence-electron chi connectivity index (χ1n) is 8.39. The van der Waals surface area contributed by atoms with Gasteiger partial charge >= 0.3 is 0 Å². The molecule has 0 amide bonds. The molecule has 1 aliphatic heterocycles. The average Bonchev–Trinajstić information content (AvgIpc) is 3.02. The van der Waals surface area contributed by atoms with E-state index in [-0.39, 0.29) is 5.82 Å². The molecule has 3 nitrogen and oxygen atoms in total. The molecule has 0 saturated heterocycles. The van der Waals surface area contributed by atoms with E-state index in [9.17, 15) is 9.50 Å². The van der Waals surface area contributed by atoms with E-state index in [1.165, 1.54) is 17.7 Å². The minimum absolute atomic E-state index is 0.266. The molecule has 1 aromatic heterocycles. The predicted octanol–water partition coefficient (Wildman–Crippen LogP) is 4.19. The van der Waals surface area contributed by atoms with Crippen LogP contribution in [0.5, 0.6) is 0 Å². The highest BCUT2D eigenvalue weighted by molar-refractivity contribution is 7.10. The molecule has 2 aromatic rings. The molecule has 0 spiro atoms. The molecule has 128 valence electrons. The number of aliphatic hydroxyl groups is 1. The number of aryl methyl sites for hydroxylation is 1. The van der Waals surface area contributed by atoms with Gasteiger partial charge in [0.25, 0.3) is 0 Å². The number of halogens is 1. The molecule has 1 atom stereocenters. The number of benzene rings is 1. The molecule has 0 bridgehead atoms. The van der Waals surface area contributed by atoms with Crippen molar-refractivity contribution in [3.05, 3.63) is 57.8 Å². The van der Waals surface area contributed by atoms with E-state index >= 15 is 0 Å². The SMILES string of the molecule is Cc1csc(C2=CCN(CCCC(O)c3ccc(F)cc3)CC2)n1. The molecule has 3 rings (SSSR count). The largest absolute Gasteiger partial charge is 0.388 e. The standard InChI is InChI=1S/C19H23FN2OS/c1-14-13-24-19(21-14)16-8-11-22(12-9-16)10-2-3-18(23)15-4-6-17(20)7-5-15/h4-8,13,18,23H,2-3,9-12H2,1H3. The molecule has 1 N–H and O–H groups in total. The zero-order chi connectivity index (χ0) is 16.9. The molecule has 0 fully saturated rings. The minimum atomic E-state index is -0.514. The van der Waals surface area contributed by atoms with Crippen LogP contribution in [0.15, 0.2) is 35.7 Å². The van der Waals surface area contributed by atoms with Gasteiger partial charge < -0.3 is 5.11 Å². The van der Waals surface area contributed by atoms with Crippen molar-refractivity contribution in [1.29, 1.82) is 0 Å². The van der Waals surface area contributed by atoms with Gasteiger partial charge in [-0.25, -0.2) is 9.37 Å². The Bertz CT molecular complexity index is 696. The van der Waals surface area contributed by atoms with Crippen LogP contribution in [0.3, 0.4) is 0 Å². The van der Waals surface area contributed by atoms with Gasteiger partial charge in [0.2, 0.25) is 0 Å². The minimum Gasteiger partial charge on any atom is -0.388 e. The van der Waals surface area contributed by atoms with Gasteiger partial charge in [-0.2, -0.15) is 0 Å². The molecule has 0 aliphatic carbocycles. The molecular weight excluding hydrogens is 323 g/mol. The second-order valence-electron chi connectivity index (χ2n) is 6.28. The Morgan fingerprint density at radius 1 is 1.33 bits per heavy atom. The van der Waals surface area contributed by atoms with Crippen molar-refractivity contribution in [3.63, 3.8) is 0 Å². The summed E-state index contributed by atoms with van der Waals surface area (Å²) in [5, 5.41) is 13.4. The Labute approximate surface area is 146 Å². The fraction of sp³-hybridized carbons (Fsp3) is 0.421. The molecule has 0 saturated carbocycles. The van der Waals surface area contributed by atoms with Crippen molar-refractivity contribution in [3.8, 4) is 0 Å². The maximum Gasteiger partial charge on any atom is 0.123 e. The Balaban J connectivity index is 1.43. The lowest BCUT2D eigenvalue weighted by Gasteiger charge is -2.26. The van der Waals surface area contributed by atoms with Crippen LogP contribution < -0.4 is 0 Å². The van der Waals surface area contributed by atoms with Gasteiger partial charge in [0.1, 0.15) is 10.8 Å². The molecule has 1 unspecified atom stereocenters. The van der Waals surface area contributed by atoms with Crippen LogP contribution in [0.2, 0.25) is 0 Å². The van der Waals surface area contributed by atoms with Gasteiger partial charge in [0.05, 0.1) is 6.10 Å². The predicted molar refractivity (Wildman–Crippen MR) is 96.5 cm³/mol. The van der Waals surface area contributed by atoms with Crippen molar-refractivity contribution in [2.24, 2.45) is 0 Å². The summed E-state index contributed by atoms with van der Waals surface area (Å²) < 4.78 is 12.9. The molecule has 5 heteroatoms. The maximum absolute atomic E-state index is 12.9. The zero-order valence-electron chi connectivity index (χ0n) is 13.9. The Kier molecular flexibility index (Phi) is 5.76. The highest BCUT2D eigenvalue weighted by Crippen LogP contribution is 2.25. The van der Waals surface area contributed by atoms with Crippen molar-refractivity contribution < 1.29 is 9.50 Å². The van der Waals surface area contributed by atoms with Gasteiger partial charge in [0, 0.05) is 24.2 Å². The Morgan fingerprint density at radius 3 is 2.75 bits per heavy atom. The van der Waals surface area contributed by atoms with E-state index < -0.39 is 6.10 Å². The summed E-state index contributed by atoms with van der Waals surface area (Å²) in [4.78, 5) is 6.96. The second-order valence-corrected chi connectivity index (χ2v) is 7.14. The van der Waals surface area contributed by atoms with Gasteiger partial charge in [-0.15, -0.1) is 11.3 Å². The molecular formula is C19H23FN2OS. The van der Waals surface area contributed by atoms with E-state index in [0.717, 1.165) is 48.7 Å². The Morgan fingerprint density at radius 2 is 2.12 bits per heavy atom. The number of rotatable bonds is 6. The van der Waals surface area contributed by atoms with Crippen LogP contribution in [-0.4, -0.2) is 34.6 Å². The molecule has 1 aromatic carbocycles. The fourth-order valence-corrected chi connectivity index (χ4v) is 3.84. The molecule has 1 aliphatic rings. The highest BCUT2D eigenvalue weighted by atomic mass is 32.1. The summed E-state index contributed by atoms with van der Waals surface area (Å²) in [7, 11) is 0. The van der Waals surface area contributed by atoms with Gasteiger partial charge in [-0.3, -0.25) is 4.90 Å². The molecule has 24 heavy (non-hydrogen) atoms. The average molecular weight is 346 g/mol. The monoisotopic (exact) mass is 346 g/mol. The van der Waals surface area contributed by atoms with Crippen LogP contribution in [0, 0.1) is 12.7 Å². The zero-order valence-corrected chi connectivity index (χ0v) is 14.7. The third-order valence-electron chi connectivity index (χ3n) is 4.39. The van der Waals surface area contributed by atoms with Crippen molar-refractivity contribution in [2.45, 2.75) is 32.3 Å².